The first kappa shape index (κ1) is 24.4. The summed E-state index contributed by atoms with van der Waals surface area (Å²) < 4.78 is 2.44. The third kappa shape index (κ3) is 3.72. The van der Waals surface area contributed by atoms with Crippen molar-refractivity contribution in [3.8, 4) is 51.0 Å². The van der Waals surface area contributed by atoms with Crippen LogP contribution in [0.3, 0.4) is 0 Å². The minimum absolute atomic E-state index is 0.158. The Bertz CT molecular complexity index is 2050. The molecule has 0 atom stereocenters. The number of nitrogens with zero attached hydrogens (tertiary/aromatic N) is 4. The molecule has 2 aromatic heterocycles. The number of aromatic nitrogens is 4. The SMILES string of the molecule is CC1(C)c2ccccc2-c2c1n(-c1cccc(-c3nc(-c4ccccc4)nc(-c4ccccc4)n3)c1)c1ccccc21. The summed E-state index contributed by atoms with van der Waals surface area (Å²) in [7, 11) is 0. The second kappa shape index (κ2) is 9.35. The number of hydrogen-bond donors (Lipinski definition) is 0. The quantitative estimate of drug-likeness (QED) is 0.224. The average Bonchev–Trinajstić information content (AvgIpc) is 3.52. The molecule has 1 aliphatic carbocycles. The highest BCUT2D eigenvalue weighted by Gasteiger charge is 2.40. The van der Waals surface area contributed by atoms with Gasteiger partial charge < -0.3 is 4.57 Å². The minimum atomic E-state index is -0.158. The molecule has 0 N–H and O–H groups in total. The molecular weight excluding hydrogens is 512 g/mol. The summed E-state index contributed by atoms with van der Waals surface area (Å²) in [6.45, 7) is 4.67. The lowest BCUT2D eigenvalue weighted by Gasteiger charge is -2.24. The monoisotopic (exact) mass is 540 g/mol. The van der Waals surface area contributed by atoms with Gasteiger partial charge in [-0.05, 0) is 29.3 Å². The van der Waals surface area contributed by atoms with Gasteiger partial charge in [-0.1, -0.05) is 129 Å². The van der Waals surface area contributed by atoms with Crippen LogP contribution in [0.15, 0.2) is 133 Å². The zero-order valence-corrected chi connectivity index (χ0v) is 23.5. The van der Waals surface area contributed by atoms with Crippen LogP contribution in [0.4, 0.5) is 0 Å². The van der Waals surface area contributed by atoms with Gasteiger partial charge in [0.05, 0.1) is 5.52 Å². The van der Waals surface area contributed by atoms with Crippen LogP contribution in [-0.4, -0.2) is 19.5 Å². The molecule has 5 aromatic carbocycles. The van der Waals surface area contributed by atoms with Gasteiger partial charge in [0.2, 0.25) is 0 Å². The van der Waals surface area contributed by atoms with E-state index in [1.165, 1.54) is 33.3 Å². The number of hydrogen-bond acceptors (Lipinski definition) is 3. The van der Waals surface area contributed by atoms with Gasteiger partial charge in [0.1, 0.15) is 0 Å². The second-order valence-corrected chi connectivity index (χ2v) is 11.3. The first-order valence-electron chi connectivity index (χ1n) is 14.3. The van der Waals surface area contributed by atoms with E-state index in [1.807, 2.05) is 60.7 Å². The van der Waals surface area contributed by atoms with E-state index in [1.54, 1.807) is 0 Å². The van der Waals surface area contributed by atoms with Crippen molar-refractivity contribution in [1.82, 2.24) is 19.5 Å². The maximum absolute atomic E-state index is 4.99. The van der Waals surface area contributed by atoms with E-state index in [9.17, 15) is 0 Å². The number of benzene rings is 5. The first-order chi connectivity index (χ1) is 20.6. The Kier molecular flexibility index (Phi) is 5.44. The van der Waals surface area contributed by atoms with E-state index in [4.69, 9.17) is 15.0 Å². The summed E-state index contributed by atoms with van der Waals surface area (Å²) in [5.74, 6) is 1.97. The molecule has 0 saturated heterocycles. The summed E-state index contributed by atoms with van der Waals surface area (Å²) in [5, 5.41) is 1.27. The van der Waals surface area contributed by atoms with Crippen molar-refractivity contribution in [2.45, 2.75) is 19.3 Å². The largest absolute Gasteiger partial charge is 0.312 e. The van der Waals surface area contributed by atoms with Crippen molar-refractivity contribution in [2.75, 3.05) is 0 Å². The lowest BCUT2D eigenvalue weighted by atomic mass is 9.85. The van der Waals surface area contributed by atoms with Gasteiger partial charge in [-0.2, -0.15) is 0 Å². The van der Waals surface area contributed by atoms with Crippen molar-refractivity contribution in [1.29, 1.82) is 0 Å². The minimum Gasteiger partial charge on any atom is -0.312 e. The normalized spacial score (nSPS) is 13.2. The summed E-state index contributed by atoms with van der Waals surface area (Å²) in [5.41, 5.74) is 10.3. The van der Waals surface area contributed by atoms with Crippen LogP contribution in [0.25, 0.3) is 61.9 Å². The van der Waals surface area contributed by atoms with E-state index < -0.39 is 0 Å². The lowest BCUT2D eigenvalue weighted by Crippen LogP contribution is -2.19. The van der Waals surface area contributed by atoms with Crippen molar-refractivity contribution in [2.24, 2.45) is 0 Å². The molecule has 42 heavy (non-hydrogen) atoms. The van der Waals surface area contributed by atoms with Gasteiger partial charge in [-0.15, -0.1) is 0 Å². The Morgan fingerprint density at radius 1 is 0.524 bits per heavy atom. The summed E-state index contributed by atoms with van der Waals surface area (Å²) in [6, 6.07) is 46.4. The second-order valence-electron chi connectivity index (χ2n) is 11.3. The molecule has 2 heterocycles. The highest BCUT2D eigenvalue weighted by molar-refractivity contribution is 6.03. The maximum Gasteiger partial charge on any atom is 0.164 e. The third-order valence-electron chi connectivity index (χ3n) is 8.40. The number of rotatable bonds is 4. The van der Waals surface area contributed by atoms with Gasteiger partial charge >= 0.3 is 0 Å². The van der Waals surface area contributed by atoms with E-state index in [0.717, 1.165) is 22.4 Å². The van der Waals surface area contributed by atoms with E-state index in [2.05, 4.69) is 91.2 Å². The molecule has 200 valence electrons. The molecule has 0 bridgehead atoms. The topological polar surface area (TPSA) is 43.6 Å². The summed E-state index contributed by atoms with van der Waals surface area (Å²) >= 11 is 0. The first-order valence-corrected chi connectivity index (χ1v) is 14.3. The molecule has 1 aliphatic rings. The van der Waals surface area contributed by atoms with E-state index in [-0.39, 0.29) is 5.41 Å². The fourth-order valence-corrected chi connectivity index (χ4v) is 6.47. The number of para-hydroxylation sites is 1. The molecule has 4 nitrogen and oxygen atoms in total. The molecule has 0 spiro atoms. The fraction of sp³-hybridized carbons (Fsp3) is 0.0789. The molecular formula is C38H28N4. The Morgan fingerprint density at radius 3 is 1.76 bits per heavy atom. The van der Waals surface area contributed by atoms with Crippen LogP contribution in [0.5, 0.6) is 0 Å². The van der Waals surface area contributed by atoms with Crippen molar-refractivity contribution >= 4 is 10.9 Å². The molecule has 0 saturated carbocycles. The molecule has 8 rings (SSSR count). The van der Waals surface area contributed by atoms with Crippen molar-refractivity contribution in [3.63, 3.8) is 0 Å². The van der Waals surface area contributed by atoms with E-state index >= 15 is 0 Å². The van der Waals surface area contributed by atoms with Gasteiger partial charge in [0.15, 0.2) is 17.5 Å². The average molecular weight is 541 g/mol. The smallest absolute Gasteiger partial charge is 0.164 e. The molecule has 0 unspecified atom stereocenters. The molecule has 0 radical (unpaired) electrons. The molecule has 7 aromatic rings. The molecule has 0 amide bonds. The fourth-order valence-electron chi connectivity index (χ4n) is 6.47. The predicted molar refractivity (Wildman–Crippen MR) is 171 cm³/mol. The third-order valence-corrected chi connectivity index (χ3v) is 8.40. The van der Waals surface area contributed by atoms with Gasteiger partial charge in [0.25, 0.3) is 0 Å². The Hall–Kier alpha value is -5.35. The number of fused-ring (bicyclic) bond motifs is 5. The van der Waals surface area contributed by atoms with E-state index in [0.29, 0.717) is 17.5 Å². The standard InChI is InChI=1S/C38H28N4/c1-38(2)31-22-11-9-20-29(31)33-30-21-10-12-23-32(30)42(34(33)38)28-19-13-18-27(24-28)37-40-35(25-14-5-3-6-15-25)39-36(41-37)26-16-7-4-8-17-26/h3-24H,1-2H3. The Labute approximate surface area is 245 Å². The Balaban J connectivity index is 1.35. The van der Waals surface area contributed by atoms with Crippen molar-refractivity contribution in [3.05, 3.63) is 145 Å². The molecule has 0 aliphatic heterocycles. The maximum atomic E-state index is 4.99. The van der Waals surface area contributed by atoms with Gasteiger partial charge in [-0.3, -0.25) is 0 Å². The van der Waals surface area contributed by atoms with Gasteiger partial charge in [-0.25, -0.2) is 15.0 Å². The van der Waals surface area contributed by atoms with Crippen molar-refractivity contribution < 1.29 is 0 Å². The zero-order valence-electron chi connectivity index (χ0n) is 23.5. The van der Waals surface area contributed by atoms with Crippen LogP contribution < -0.4 is 0 Å². The molecule has 4 heteroatoms. The van der Waals surface area contributed by atoms with Crippen LogP contribution in [-0.2, 0) is 5.41 Å². The summed E-state index contributed by atoms with van der Waals surface area (Å²) in [6.07, 6.45) is 0. The highest BCUT2D eigenvalue weighted by atomic mass is 15.0. The van der Waals surface area contributed by atoms with Crippen LogP contribution in [0.2, 0.25) is 0 Å². The molecule has 0 fully saturated rings. The predicted octanol–water partition coefficient (Wildman–Crippen LogP) is 9.12. The highest BCUT2D eigenvalue weighted by Crippen LogP contribution is 2.53. The van der Waals surface area contributed by atoms with Crippen LogP contribution in [0.1, 0.15) is 25.1 Å². The van der Waals surface area contributed by atoms with Crippen LogP contribution in [0, 0.1) is 0 Å². The Morgan fingerprint density at radius 2 is 1.07 bits per heavy atom. The zero-order chi connectivity index (χ0) is 28.3. The van der Waals surface area contributed by atoms with Crippen LogP contribution >= 0.6 is 0 Å². The summed E-state index contributed by atoms with van der Waals surface area (Å²) in [4.78, 5) is 14.8. The lowest BCUT2D eigenvalue weighted by molar-refractivity contribution is 0.624. The van der Waals surface area contributed by atoms with Gasteiger partial charge in [0, 0.05) is 44.4 Å².